The number of nitrogens with two attached hydrogens (primary N) is 1. The highest BCUT2D eigenvalue weighted by molar-refractivity contribution is 5.79. The summed E-state index contributed by atoms with van der Waals surface area (Å²) in [5, 5.41) is 0. The van der Waals surface area contributed by atoms with Crippen LogP contribution in [-0.2, 0) is 16.1 Å². The molecule has 2 aromatic carbocycles. The van der Waals surface area contributed by atoms with E-state index in [4.69, 9.17) is 10.5 Å². The van der Waals surface area contributed by atoms with Crippen molar-refractivity contribution in [3.63, 3.8) is 0 Å². The molecule has 0 unspecified atom stereocenters. The number of hydrogen-bond donors (Lipinski definition) is 1. The summed E-state index contributed by atoms with van der Waals surface area (Å²) in [5.74, 6) is -2.78. The lowest BCUT2D eigenvalue weighted by Gasteiger charge is -2.22. The zero-order chi connectivity index (χ0) is 18.2. The lowest BCUT2D eigenvalue weighted by Crippen LogP contribution is -2.36. The van der Waals surface area contributed by atoms with E-state index in [9.17, 15) is 18.4 Å². The number of rotatable bonds is 8. The maximum Gasteiger partial charge on any atom is 0.260 e. The fourth-order valence-corrected chi connectivity index (χ4v) is 2.16. The predicted octanol–water partition coefficient (Wildman–Crippen LogP) is 2.25. The first kappa shape index (κ1) is 18.4. The van der Waals surface area contributed by atoms with Gasteiger partial charge < -0.3 is 15.4 Å². The minimum absolute atomic E-state index is 0.00704. The van der Waals surface area contributed by atoms with Crippen molar-refractivity contribution in [1.29, 1.82) is 0 Å². The molecule has 0 fully saturated rings. The molecule has 0 aliphatic carbocycles. The third kappa shape index (κ3) is 5.87. The van der Waals surface area contributed by atoms with E-state index in [1.165, 1.54) is 4.90 Å². The lowest BCUT2D eigenvalue weighted by atomic mass is 10.2. The van der Waals surface area contributed by atoms with Crippen LogP contribution in [0.4, 0.5) is 8.78 Å². The maximum atomic E-state index is 13.5. The summed E-state index contributed by atoms with van der Waals surface area (Å²) in [5.41, 5.74) is 5.99. The molecule has 132 valence electrons. The SMILES string of the molecule is NC(=O)CCN(Cc1ccccc1)C(=O)COc1cc(F)ccc1F. The number of amides is 2. The molecular weight excluding hydrogens is 330 g/mol. The van der Waals surface area contributed by atoms with Crippen LogP contribution in [0.3, 0.4) is 0 Å². The summed E-state index contributed by atoms with van der Waals surface area (Å²) < 4.78 is 31.8. The number of benzene rings is 2. The van der Waals surface area contributed by atoms with E-state index in [0.29, 0.717) is 0 Å². The van der Waals surface area contributed by atoms with E-state index >= 15 is 0 Å². The molecule has 5 nitrogen and oxygen atoms in total. The Hall–Kier alpha value is -2.96. The molecule has 0 heterocycles. The van der Waals surface area contributed by atoms with Crippen molar-refractivity contribution < 1.29 is 23.1 Å². The average molecular weight is 348 g/mol. The van der Waals surface area contributed by atoms with Gasteiger partial charge in [0.05, 0.1) is 0 Å². The molecule has 0 saturated heterocycles. The molecule has 0 aliphatic heterocycles. The van der Waals surface area contributed by atoms with E-state index in [1.807, 2.05) is 30.3 Å². The number of ether oxygens (including phenoxy) is 1. The van der Waals surface area contributed by atoms with Crippen LogP contribution in [0.2, 0.25) is 0 Å². The minimum atomic E-state index is -0.763. The van der Waals surface area contributed by atoms with Crippen LogP contribution >= 0.6 is 0 Å². The molecule has 0 spiro atoms. The fourth-order valence-electron chi connectivity index (χ4n) is 2.16. The summed E-state index contributed by atoms with van der Waals surface area (Å²) >= 11 is 0. The first-order valence-corrected chi connectivity index (χ1v) is 7.63. The zero-order valence-corrected chi connectivity index (χ0v) is 13.5. The number of primary amides is 1. The Kier molecular flexibility index (Phi) is 6.45. The Morgan fingerprint density at radius 1 is 1.08 bits per heavy atom. The van der Waals surface area contributed by atoms with Gasteiger partial charge >= 0.3 is 0 Å². The van der Waals surface area contributed by atoms with Crippen molar-refractivity contribution in [3.05, 3.63) is 65.7 Å². The van der Waals surface area contributed by atoms with Gasteiger partial charge in [-0.2, -0.15) is 0 Å². The van der Waals surface area contributed by atoms with Crippen LogP contribution in [0.5, 0.6) is 5.75 Å². The van der Waals surface area contributed by atoms with Gasteiger partial charge in [-0.25, -0.2) is 8.78 Å². The highest BCUT2D eigenvalue weighted by Gasteiger charge is 2.17. The second-order valence-electron chi connectivity index (χ2n) is 5.38. The number of nitrogens with zero attached hydrogens (tertiary/aromatic N) is 1. The summed E-state index contributed by atoms with van der Waals surface area (Å²) in [6.07, 6.45) is -0.00704. The smallest absolute Gasteiger partial charge is 0.260 e. The minimum Gasteiger partial charge on any atom is -0.481 e. The monoisotopic (exact) mass is 348 g/mol. The zero-order valence-electron chi connectivity index (χ0n) is 13.5. The molecule has 2 amide bonds. The predicted molar refractivity (Wildman–Crippen MR) is 87.5 cm³/mol. The molecule has 0 aliphatic rings. The van der Waals surface area contributed by atoms with Gasteiger partial charge in [-0.1, -0.05) is 30.3 Å². The van der Waals surface area contributed by atoms with Crippen molar-refractivity contribution in [2.45, 2.75) is 13.0 Å². The van der Waals surface area contributed by atoms with Crippen LogP contribution in [-0.4, -0.2) is 29.9 Å². The van der Waals surface area contributed by atoms with E-state index in [2.05, 4.69) is 0 Å². The molecule has 0 saturated carbocycles. The Bertz CT molecular complexity index is 738. The Morgan fingerprint density at radius 2 is 1.80 bits per heavy atom. The Balaban J connectivity index is 2.03. The van der Waals surface area contributed by atoms with Gasteiger partial charge in [-0.3, -0.25) is 9.59 Å². The number of hydrogen-bond acceptors (Lipinski definition) is 3. The van der Waals surface area contributed by atoms with Crippen molar-refractivity contribution in [2.75, 3.05) is 13.2 Å². The van der Waals surface area contributed by atoms with E-state index in [1.54, 1.807) is 0 Å². The van der Waals surface area contributed by atoms with Gasteiger partial charge in [0.15, 0.2) is 18.2 Å². The van der Waals surface area contributed by atoms with Crippen molar-refractivity contribution >= 4 is 11.8 Å². The largest absolute Gasteiger partial charge is 0.481 e. The van der Waals surface area contributed by atoms with Crippen LogP contribution in [0, 0.1) is 11.6 Å². The molecule has 7 heteroatoms. The number of halogens is 2. The molecule has 25 heavy (non-hydrogen) atoms. The lowest BCUT2D eigenvalue weighted by molar-refractivity contribution is -0.134. The summed E-state index contributed by atoms with van der Waals surface area (Å²) in [6.45, 7) is -0.119. The standard InChI is InChI=1S/C18H18F2N2O3/c19-14-6-7-15(20)16(10-14)25-12-18(24)22(9-8-17(21)23)11-13-4-2-1-3-5-13/h1-7,10H,8-9,11-12H2,(H2,21,23). The molecule has 0 aromatic heterocycles. The Morgan fingerprint density at radius 3 is 2.48 bits per heavy atom. The second kappa shape index (κ2) is 8.77. The van der Waals surface area contributed by atoms with Crippen molar-refractivity contribution in [1.82, 2.24) is 4.90 Å². The summed E-state index contributed by atoms with van der Waals surface area (Å²) in [7, 11) is 0. The van der Waals surface area contributed by atoms with E-state index in [0.717, 1.165) is 23.8 Å². The van der Waals surface area contributed by atoms with Gasteiger partial charge in [0.2, 0.25) is 5.91 Å². The van der Waals surface area contributed by atoms with E-state index < -0.39 is 30.1 Å². The van der Waals surface area contributed by atoms with Crippen LogP contribution in [0.25, 0.3) is 0 Å². The van der Waals surface area contributed by atoms with Gasteiger partial charge in [0.25, 0.3) is 5.91 Å². The average Bonchev–Trinajstić information content (AvgIpc) is 2.59. The third-order valence-electron chi connectivity index (χ3n) is 3.44. The first-order valence-electron chi connectivity index (χ1n) is 7.63. The van der Waals surface area contributed by atoms with Gasteiger partial charge in [0, 0.05) is 25.6 Å². The molecule has 0 radical (unpaired) electrons. The quantitative estimate of drug-likeness (QED) is 0.795. The summed E-state index contributed by atoms with van der Waals surface area (Å²) in [4.78, 5) is 24.8. The molecule has 0 atom stereocenters. The normalized spacial score (nSPS) is 10.3. The molecule has 2 rings (SSSR count). The molecule has 2 aromatic rings. The number of carbonyl (C=O) groups is 2. The van der Waals surface area contributed by atoms with Crippen molar-refractivity contribution in [2.24, 2.45) is 5.73 Å². The van der Waals surface area contributed by atoms with Crippen LogP contribution in [0.1, 0.15) is 12.0 Å². The second-order valence-corrected chi connectivity index (χ2v) is 5.38. The van der Waals surface area contributed by atoms with Crippen LogP contribution < -0.4 is 10.5 Å². The molecular formula is C18H18F2N2O3. The topological polar surface area (TPSA) is 72.6 Å². The Labute approximate surface area is 144 Å². The van der Waals surface area contributed by atoms with E-state index in [-0.39, 0.29) is 25.3 Å². The van der Waals surface area contributed by atoms with Crippen molar-refractivity contribution in [3.8, 4) is 5.75 Å². The fraction of sp³-hybridized carbons (Fsp3) is 0.222. The third-order valence-corrected chi connectivity index (χ3v) is 3.44. The number of carbonyl (C=O) groups excluding carboxylic acids is 2. The first-order chi connectivity index (χ1) is 12.0. The van der Waals surface area contributed by atoms with Crippen LogP contribution in [0.15, 0.2) is 48.5 Å². The molecule has 2 N–H and O–H groups in total. The summed E-state index contributed by atoms with van der Waals surface area (Å²) in [6, 6.07) is 11.9. The maximum absolute atomic E-state index is 13.5. The van der Waals surface area contributed by atoms with Gasteiger partial charge in [0.1, 0.15) is 5.82 Å². The highest BCUT2D eigenvalue weighted by atomic mass is 19.1. The highest BCUT2D eigenvalue weighted by Crippen LogP contribution is 2.18. The van der Waals surface area contributed by atoms with Gasteiger partial charge in [-0.15, -0.1) is 0 Å². The van der Waals surface area contributed by atoms with Gasteiger partial charge in [-0.05, 0) is 17.7 Å². The molecule has 0 bridgehead atoms.